The zero-order chi connectivity index (χ0) is 22.2. The maximum absolute atomic E-state index is 13.0. The lowest BCUT2D eigenvalue weighted by molar-refractivity contribution is -0.113. The number of anilines is 1. The molecule has 162 valence electrons. The van der Waals surface area contributed by atoms with Crippen LogP contribution in [0.2, 0.25) is 0 Å². The molecule has 3 rings (SSSR count). The molecule has 2 N–H and O–H groups in total. The van der Waals surface area contributed by atoms with Crippen LogP contribution < -0.4 is 10.6 Å². The van der Waals surface area contributed by atoms with Crippen LogP contribution in [0.25, 0.3) is 0 Å². The second-order valence-electron chi connectivity index (χ2n) is 7.10. The lowest BCUT2D eigenvalue weighted by Gasteiger charge is -2.11. The van der Waals surface area contributed by atoms with Crippen molar-refractivity contribution in [2.75, 3.05) is 17.6 Å². The van der Waals surface area contributed by atoms with E-state index >= 15 is 0 Å². The number of rotatable bonds is 9. The van der Waals surface area contributed by atoms with E-state index in [1.165, 1.54) is 36.0 Å². The first-order valence-electron chi connectivity index (χ1n) is 9.99. The van der Waals surface area contributed by atoms with Crippen molar-refractivity contribution in [3.8, 4) is 0 Å². The Bertz CT molecular complexity index is 1050. The summed E-state index contributed by atoms with van der Waals surface area (Å²) in [6.07, 6.45) is 0.767. The van der Waals surface area contributed by atoms with Gasteiger partial charge in [-0.2, -0.15) is 5.10 Å². The van der Waals surface area contributed by atoms with E-state index in [1.54, 1.807) is 12.1 Å². The summed E-state index contributed by atoms with van der Waals surface area (Å²) in [4.78, 5) is 25.6. The molecule has 0 aliphatic rings. The van der Waals surface area contributed by atoms with Crippen molar-refractivity contribution in [3.05, 3.63) is 77.4 Å². The third-order valence-corrected chi connectivity index (χ3v) is 5.63. The van der Waals surface area contributed by atoms with Gasteiger partial charge in [-0.15, -0.1) is 11.8 Å². The zero-order valence-corrected chi connectivity index (χ0v) is 18.3. The number of hydrogen-bond acceptors (Lipinski definition) is 4. The van der Waals surface area contributed by atoms with E-state index in [1.807, 2.05) is 36.7 Å². The molecule has 8 heteroatoms. The Labute approximate surface area is 185 Å². The highest BCUT2D eigenvalue weighted by atomic mass is 32.2. The van der Waals surface area contributed by atoms with Gasteiger partial charge in [-0.3, -0.25) is 14.3 Å². The number of amides is 2. The second-order valence-corrected chi connectivity index (χ2v) is 8.12. The topological polar surface area (TPSA) is 76.0 Å². The molecule has 1 heterocycles. The number of nitrogens with one attached hydrogen (secondary N) is 2. The highest BCUT2D eigenvalue weighted by Gasteiger charge is 2.13. The Morgan fingerprint density at radius 1 is 1.10 bits per heavy atom. The number of aromatic nitrogens is 2. The smallest absolute Gasteiger partial charge is 0.252 e. The summed E-state index contributed by atoms with van der Waals surface area (Å²) in [7, 11) is 0. The third kappa shape index (κ3) is 6.68. The van der Waals surface area contributed by atoms with Gasteiger partial charge in [0.2, 0.25) is 5.91 Å². The van der Waals surface area contributed by atoms with Gasteiger partial charge in [0.15, 0.2) is 0 Å². The first kappa shape index (κ1) is 22.6. The maximum Gasteiger partial charge on any atom is 0.252 e. The number of nitrogens with zero attached hydrogens (tertiary/aromatic N) is 2. The van der Waals surface area contributed by atoms with Crippen molar-refractivity contribution in [2.24, 2.45) is 0 Å². The lowest BCUT2D eigenvalue weighted by Crippen LogP contribution is -2.26. The minimum Gasteiger partial charge on any atom is -0.352 e. The summed E-state index contributed by atoms with van der Waals surface area (Å²) in [5, 5.41) is 10.1. The number of thioether (sulfide) groups is 1. The van der Waals surface area contributed by atoms with E-state index in [4.69, 9.17) is 0 Å². The molecular weight excluding hydrogens is 415 g/mol. The number of aryl methyl sites for hydroxylation is 3. The van der Waals surface area contributed by atoms with Crippen LogP contribution in [0, 0.1) is 19.7 Å². The van der Waals surface area contributed by atoms with Gasteiger partial charge in [0.1, 0.15) is 5.82 Å². The van der Waals surface area contributed by atoms with Gasteiger partial charge in [0.05, 0.1) is 17.0 Å². The molecule has 0 fully saturated rings. The predicted octanol–water partition coefficient (Wildman–Crippen LogP) is 4.19. The van der Waals surface area contributed by atoms with Crippen LogP contribution in [0.4, 0.5) is 10.1 Å². The Kier molecular flexibility index (Phi) is 7.83. The molecule has 0 saturated carbocycles. The van der Waals surface area contributed by atoms with Gasteiger partial charge >= 0.3 is 0 Å². The molecule has 0 spiro atoms. The van der Waals surface area contributed by atoms with Crippen molar-refractivity contribution in [1.82, 2.24) is 15.1 Å². The van der Waals surface area contributed by atoms with Crippen molar-refractivity contribution < 1.29 is 14.0 Å². The van der Waals surface area contributed by atoms with Gasteiger partial charge in [-0.05, 0) is 62.7 Å². The summed E-state index contributed by atoms with van der Waals surface area (Å²) in [6.45, 7) is 5.24. The quantitative estimate of drug-likeness (QED) is 0.386. The third-order valence-electron chi connectivity index (χ3n) is 4.55. The van der Waals surface area contributed by atoms with Crippen LogP contribution in [-0.2, 0) is 11.3 Å². The fraction of sp³-hybridized carbons (Fsp3) is 0.261. The van der Waals surface area contributed by atoms with Crippen LogP contribution in [0.15, 0.2) is 59.5 Å². The lowest BCUT2D eigenvalue weighted by atomic mass is 10.2. The number of benzene rings is 2. The maximum atomic E-state index is 13.0. The predicted molar refractivity (Wildman–Crippen MR) is 121 cm³/mol. The monoisotopic (exact) mass is 440 g/mol. The Morgan fingerprint density at radius 2 is 1.84 bits per heavy atom. The van der Waals surface area contributed by atoms with Crippen LogP contribution in [0.5, 0.6) is 0 Å². The van der Waals surface area contributed by atoms with E-state index in [0.29, 0.717) is 17.8 Å². The van der Waals surface area contributed by atoms with Gasteiger partial charge < -0.3 is 10.6 Å². The summed E-state index contributed by atoms with van der Waals surface area (Å²) in [5.74, 6) is -0.617. The van der Waals surface area contributed by atoms with E-state index in [9.17, 15) is 14.0 Å². The van der Waals surface area contributed by atoms with E-state index in [-0.39, 0.29) is 23.4 Å². The Hall–Kier alpha value is -3.13. The van der Waals surface area contributed by atoms with E-state index in [2.05, 4.69) is 15.7 Å². The molecule has 6 nitrogen and oxygen atoms in total. The summed E-state index contributed by atoms with van der Waals surface area (Å²) < 4.78 is 14.9. The number of halogens is 1. The van der Waals surface area contributed by atoms with Crippen LogP contribution in [0.1, 0.15) is 28.2 Å². The van der Waals surface area contributed by atoms with Crippen LogP contribution in [0.3, 0.4) is 0 Å². The first-order chi connectivity index (χ1) is 14.9. The fourth-order valence-corrected chi connectivity index (χ4v) is 3.93. The molecule has 0 unspecified atom stereocenters. The molecule has 0 bridgehead atoms. The molecule has 0 atom stereocenters. The SMILES string of the molecule is Cc1cc(C)n(CCCNC(=O)c2ccccc2SCC(=O)Nc2ccc(F)cc2)n1. The minimum atomic E-state index is -0.359. The van der Waals surface area contributed by atoms with E-state index in [0.717, 1.165) is 29.2 Å². The molecule has 0 saturated heterocycles. The van der Waals surface area contributed by atoms with E-state index < -0.39 is 0 Å². The van der Waals surface area contributed by atoms with Crippen molar-refractivity contribution in [3.63, 3.8) is 0 Å². The minimum absolute atomic E-state index is 0.138. The second kappa shape index (κ2) is 10.8. The fourth-order valence-electron chi connectivity index (χ4n) is 3.08. The van der Waals surface area contributed by atoms with Crippen molar-refractivity contribution in [1.29, 1.82) is 0 Å². The van der Waals surface area contributed by atoms with Crippen LogP contribution >= 0.6 is 11.8 Å². The molecule has 31 heavy (non-hydrogen) atoms. The largest absolute Gasteiger partial charge is 0.352 e. The number of carbonyl (C=O) groups is 2. The molecule has 1 aromatic heterocycles. The summed E-state index contributed by atoms with van der Waals surface area (Å²) in [5.41, 5.74) is 3.15. The molecule has 2 amide bonds. The molecule has 0 aliphatic heterocycles. The Balaban J connectivity index is 1.49. The number of hydrogen-bond donors (Lipinski definition) is 2. The average molecular weight is 441 g/mol. The Morgan fingerprint density at radius 3 is 2.55 bits per heavy atom. The van der Waals surface area contributed by atoms with Crippen molar-refractivity contribution in [2.45, 2.75) is 31.7 Å². The molecule has 0 aliphatic carbocycles. The average Bonchev–Trinajstić information content (AvgIpc) is 3.08. The number of carbonyl (C=O) groups excluding carboxylic acids is 2. The molecule has 2 aromatic carbocycles. The molecular formula is C23H25FN4O2S. The highest BCUT2D eigenvalue weighted by molar-refractivity contribution is 8.00. The van der Waals surface area contributed by atoms with Gasteiger partial charge in [0, 0.05) is 29.4 Å². The van der Waals surface area contributed by atoms with Crippen LogP contribution in [-0.4, -0.2) is 33.9 Å². The zero-order valence-electron chi connectivity index (χ0n) is 17.5. The standard InChI is InChI=1S/C23H25FN4O2S/c1-16-14-17(2)28(27-16)13-5-12-25-23(30)20-6-3-4-7-21(20)31-15-22(29)26-19-10-8-18(24)9-11-19/h3-4,6-11,14H,5,12-13,15H2,1-2H3,(H,25,30)(H,26,29). The summed E-state index contributed by atoms with van der Waals surface area (Å²) >= 11 is 1.29. The van der Waals surface area contributed by atoms with Gasteiger partial charge in [-0.25, -0.2) is 4.39 Å². The molecule has 0 radical (unpaired) electrons. The van der Waals surface area contributed by atoms with Gasteiger partial charge in [0.25, 0.3) is 5.91 Å². The normalized spacial score (nSPS) is 10.7. The first-order valence-corrected chi connectivity index (χ1v) is 11.0. The highest BCUT2D eigenvalue weighted by Crippen LogP contribution is 2.23. The van der Waals surface area contributed by atoms with Gasteiger partial charge in [-0.1, -0.05) is 12.1 Å². The summed E-state index contributed by atoms with van der Waals surface area (Å²) in [6, 6.07) is 14.8. The van der Waals surface area contributed by atoms with Crippen molar-refractivity contribution >= 4 is 29.3 Å². The molecule has 3 aromatic rings.